The Morgan fingerprint density at radius 2 is 2.07 bits per heavy atom. The van der Waals surface area contributed by atoms with Crippen molar-refractivity contribution in [3.8, 4) is 0 Å². The van der Waals surface area contributed by atoms with Crippen molar-refractivity contribution >= 4 is 27.3 Å². The van der Waals surface area contributed by atoms with Gasteiger partial charge in [0.25, 0.3) is 0 Å². The van der Waals surface area contributed by atoms with Crippen LogP contribution in [0.1, 0.15) is 15.2 Å². The fourth-order valence-corrected chi connectivity index (χ4v) is 2.85. The molecule has 1 rings (SSSR count). The standard InChI is InChI=1S/C7H9NO4S2/c1-4-5(7(9)12-2)6(8-13-4)14(3,10)11/h1-3H3. The Labute approximate surface area is 85.8 Å². The lowest BCUT2D eigenvalue weighted by atomic mass is 10.3. The second kappa shape index (κ2) is 3.66. The Kier molecular flexibility index (Phi) is 2.91. The molecular formula is C7H9NO4S2. The quantitative estimate of drug-likeness (QED) is 0.703. The highest BCUT2D eigenvalue weighted by atomic mass is 32.2. The maximum Gasteiger partial charge on any atom is 0.342 e. The van der Waals surface area contributed by atoms with E-state index in [1.54, 1.807) is 6.92 Å². The van der Waals surface area contributed by atoms with Crippen LogP contribution in [0.3, 0.4) is 0 Å². The van der Waals surface area contributed by atoms with Gasteiger partial charge in [0.1, 0.15) is 5.56 Å². The summed E-state index contributed by atoms with van der Waals surface area (Å²) in [6.07, 6.45) is 1.01. The third-order valence-electron chi connectivity index (χ3n) is 1.57. The predicted molar refractivity (Wildman–Crippen MR) is 51.3 cm³/mol. The third-order valence-corrected chi connectivity index (χ3v) is 3.44. The third kappa shape index (κ3) is 1.93. The fourth-order valence-electron chi connectivity index (χ4n) is 0.938. The average Bonchev–Trinajstić information content (AvgIpc) is 2.45. The molecule has 1 aromatic heterocycles. The summed E-state index contributed by atoms with van der Waals surface area (Å²) in [4.78, 5) is 11.8. The summed E-state index contributed by atoms with van der Waals surface area (Å²) < 4.78 is 30.6. The number of aromatic nitrogens is 1. The van der Waals surface area contributed by atoms with Gasteiger partial charge in [-0.05, 0) is 18.5 Å². The van der Waals surface area contributed by atoms with Crippen molar-refractivity contribution in [2.24, 2.45) is 0 Å². The van der Waals surface area contributed by atoms with Crippen LogP contribution in [-0.4, -0.2) is 32.1 Å². The van der Waals surface area contributed by atoms with Crippen molar-refractivity contribution < 1.29 is 17.9 Å². The lowest BCUT2D eigenvalue weighted by Crippen LogP contribution is -2.09. The van der Waals surface area contributed by atoms with Crippen LogP contribution >= 0.6 is 11.5 Å². The maximum atomic E-state index is 11.2. The van der Waals surface area contributed by atoms with Crippen LogP contribution in [-0.2, 0) is 14.6 Å². The molecule has 0 saturated carbocycles. The van der Waals surface area contributed by atoms with E-state index < -0.39 is 15.8 Å². The zero-order chi connectivity index (χ0) is 10.9. The molecule has 0 radical (unpaired) electrons. The molecule has 0 aliphatic rings. The van der Waals surface area contributed by atoms with Crippen LogP contribution < -0.4 is 0 Å². The molecule has 0 aromatic carbocycles. The molecule has 5 nitrogen and oxygen atoms in total. The number of hydrogen-bond acceptors (Lipinski definition) is 6. The van der Waals surface area contributed by atoms with Gasteiger partial charge in [0.05, 0.1) is 7.11 Å². The topological polar surface area (TPSA) is 73.3 Å². The number of hydrogen-bond donors (Lipinski definition) is 0. The highest BCUT2D eigenvalue weighted by Gasteiger charge is 2.25. The monoisotopic (exact) mass is 235 g/mol. The van der Waals surface area contributed by atoms with Gasteiger partial charge in [-0.3, -0.25) is 0 Å². The smallest absolute Gasteiger partial charge is 0.342 e. The summed E-state index contributed by atoms with van der Waals surface area (Å²) in [5.74, 6) is -0.670. The molecule has 0 saturated heterocycles. The van der Waals surface area contributed by atoms with Gasteiger partial charge in [-0.2, -0.15) is 4.37 Å². The average molecular weight is 235 g/mol. The van der Waals surface area contributed by atoms with Crippen molar-refractivity contribution in [1.29, 1.82) is 0 Å². The Hall–Kier alpha value is -0.950. The number of carbonyl (C=O) groups excluding carboxylic acids is 1. The summed E-state index contributed by atoms with van der Waals surface area (Å²) in [5, 5.41) is -0.202. The van der Waals surface area contributed by atoms with Crippen LogP contribution in [0.25, 0.3) is 0 Å². The summed E-state index contributed by atoms with van der Waals surface area (Å²) in [7, 11) is -2.27. The Morgan fingerprint density at radius 3 is 2.50 bits per heavy atom. The normalized spacial score (nSPS) is 11.4. The Balaban J connectivity index is 3.42. The van der Waals surface area contributed by atoms with Gasteiger partial charge in [0.2, 0.25) is 0 Å². The van der Waals surface area contributed by atoms with Gasteiger partial charge in [-0.25, -0.2) is 13.2 Å². The van der Waals surface area contributed by atoms with Crippen LogP contribution in [0.2, 0.25) is 0 Å². The first-order chi connectivity index (χ1) is 6.38. The van der Waals surface area contributed by atoms with E-state index in [-0.39, 0.29) is 10.6 Å². The van der Waals surface area contributed by atoms with E-state index in [9.17, 15) is 13.2 Å². The van der Waals surface area contributed by atoms with Crippen molar-refractivity contribution in [2.45, 2.75) is 11.9 Å². The molecule has 0 atom stereocenters. The van der Waals surface area contributed by atoms with Gasteiger partial charge in [0, 0.05) is 11.1 Å². The van der Waals surface area contributed by atoms with E-state index in [0.717, 1.165) is 17.8 Å². The first kappa shape index (κ1) is 11.1. The van der Waals surface area contributed by atoms with Crippen LogP contribution in [0.4, 0.5) is 0 Å². The first-order valence-electron chi connectivity index (χ1n) is 3.62. The SMILES string of the molecule is COC(=O)c1c(S(C)(=O)=O)nsc1C. The van der Waals surface area contributed by atoms with E-state index >= 15 is 0 Å². The highest BCUT2D eigenvalue weighted by molar-refractivity contribution is 7.90. The minimum Gasteiger partial charge on any atom is -0.465 e. The summed E-state index contributed by atoms with van der Waals surface area (Å²) in [6.45, 7) is 1.62. The van der Waals surface area contributed by atoms with Crippen molar-refractivity contribution in [1.82, 2.24) is 4.37 Å². The van der Waals surface area contributed by atoms with E-state index in [0.29, 0.717) is 4.88 Å². The summed E-state index contributed by atoms with van der Waals surface area (Å²) in [6, 6.07) is 0. The minimum absolute atomic E-state index is 0.0417. The van der Waals surface area contributed by atoms with Crippen LogP contribution in [0, 0.1) is 6.92 Å². The number of aryl methyl sites for hydroxylation is 1. The molecule has 7 heteroatoms. The number of esters is 1. The maximum absolute atomic E-state index is 11.2. The molecule has 78 valence electrons. The van der Waals surface area contributed by atoms with E-state index in [2.05, 4.69) is 9.11 Å². The molecule has 0 aliphatic carbocycles. The molecule has 0 fully saturated rings. The van der Waals surface area contributed by atoms with E-state index in [4.69, 9.17) is 0 Å². The van der Waals surface area contributed by atoms with Crippen LogP contribution in [0.5, 0.6) is 0 Å². The molecule has 1 heterocycles. The molecule has 0 amide bonds. The molecule has 0 bridgehead atoms. The molecule has 14 heavy (non-hydrogen) atoms. The van der Waals surface area contributed by atoms with E-state index in [1.807, 2.05) is 0 Å². The zero-order valence-electron chi connectivity index (χ0n) is 7.90. The number of carbonyl (C=O) groups is 1. The van der Waals surface area contributed by atoms with E-state index in [1.165, 1.54) is 7.11 Å². The second-order valence-corrected chi connectivity index (χ2v) is 5.59. The number of ether oxygens (including phenoxy) is 1. The highest BCUT2D eigenvalue weighted by Crippen LogP contribution is 2.22. The number of methoxy groups -OCH3 is 1. The van der Waals surface area contributed by atoms with Gasteiger partial charge in [-0.15, -0.1) is 0 Å². The lowest BCUT2D eigenvalue weighted by Gasteiger charge is -1.99. The second-order valence-electron chi connectivity index (χ2n) is 2.68. The predicted octanol–water partition coefficient (Wildman–Crippen LogP) is 0.642. The minimum atomic E-state index is -3.47. The van der Waals surface area contributed by atoms with Gasteiger partial charge in [0.15, 0.2) is 14.9 Å². The number of rotatable bonds is 2. The Morgan fingerprint density at radius 1 is 1.50 bits per heavy atom. The zero-order valence-corrected chi connectivity index (χ0v) is 9.53. The molecular weight excluding hydrogens is 226 g/mol. The molecule has 0 aliphatic heterocycles. The van der Waals surface area contributed by atoms with Gasteiger partial charge in [-0.1, -0.05) is 0 Å². The Bertz CT molecular complexity index is 460. The summed E-state index contributed by atoms with van der Waals surface area (Å²) in [5.41, 5.74) is 0.0417. The molecule has 0 spiro atoms. The largest absolute Gasteiger partial charge is 0.465 e. The van der Waals surface area contributed by atoms with Crippen molar-refractivity contribution in [3.05, 3.63) is 10.4 Å². The fraction of sp³-hybridized carbons (Fsp3) is 0.429. The van der Waals surface area contributed by atoms with Crippen molar-refractivity contribution in [2.75, 3.05) is 13.4 Å². The molecule has 0 N–H and O–H groups in total. The molecule has 0 unspecified atom stereocenters. The number of sulfone groups is 1. The lowest BCUT2D eigenvalue weighted by molar-refractivity contribution is 0.0595. The van der Waals surface area contributed by atoms with Crippen molar-refractivity contribution in [3.63, 3.8) is 0 Å². The van der Waals surface area contributed by atoms with Gasteiger partial charge >= 0.3 is 5.97 Å². The van der Waals surface area contributed by atoms with Crippen LogP contribution in [0.15, 0.2) is 5.03 Å². The van der Waals surface area contributed by atoms with Gasteiger partial charge < -0.3 is 4.74 Å². The molecule has 1 aromatic rings. The summed E-state index contributed by atoms with van der Waals surface area (Å²) >= 11 is 0.972. The number of nitrogens with zero attached hydrogens (tertiary/aromatic N) is 1. The first-order valence-corrected chi connectivity index (χ1v) is 6.29.